The molecule has 3 nitrogen and oxygen atoms in total. The van der Waals surface area contributed by atoms with Crippen LogP contribution in [0, 0.1) is 11.6 Å². The van der Waals surface area contributed by atoms with Gasteiger partial charge in [0.15, 0.2) is 0 Å². The summed E-state index contributed by atoms with van der Waals surface area (Å²) in [4.78, 5) is 12.0. The lowest BCUT2D eigenvalue weighted by Crippen LogP contribution is -2.32. The van der Waals surface area contributed by atoms with Gasteiger partial charge in [-0.05, 0) is 17.7 Å². The van der Waals surface area contributed by atoms with E-state index in [0.717, 1.165) is 12.1 Å². The topological polar surface area (TPSA) is 49.3 Å². The van der Waals surface area contributed by atoms with Gasteiger partial charge in [-0.15, -0.1) is 0 Å². The van der Waals surface area contributed by atoms with Gasteiger partial charge in [0.05, 0.1) is 12.6 Å². The number of nitrogens with one attached hydrogen (secondary N) is 1. The van der Waals surface area contributed by atoms with E-state index in [2.05, 4.69) is 21.2 Å². The normalized spacial score (nSPS) is 12.0. The Bertz CT molecular complexity index is 626. The summed E-state index contributed by atoms with van der Waals surface area (Å²) in [6, 6.07) is 9.96. The molecular formula is C15H12BrF2NO2. The molecule has 2 rings (SSSR count). The Morgan fingerprint density at radius 3 is 2.29 bits per heavy atom. The van der Waals surface area contributed by atoms with Crippen LogP contribution >= 0.6 is 15.9 Å². The molecule has 0 aromatic heterocycles. The standard InChI is InChI=1S/C15H12BrF2NO2/c16-10-6-11(17)14(12(18)7-10)15(21)19-13(8-20)9-4-2-1-3-5-9/h1-7,13,20H,8H2,(H,19,21)/t13-/m1/s1. The van der Waals surface area contributed by atoms with Crippen LogP contribution in [-0.2, 0) is 0 Å². The average Bonchev–Trinajstić information content (AvgIpc) is 2.44. The van der Waals surface area contributed by atoms with Crippen LogP contribution in [-0.4, -0.2) is 17.6 Å². The van der Waals surface area contributed by atoms with E-state index in [1.54, 1.807) is 30.3 Å². The predicted molar refractivity (Wildman–Crippen MR) is 77.8 cm³/mol. The van der Waals surface area contributed by atoms with E-state index in [9.17, 15) is 18.7 Å². The number of rotatable bonds is 4. The van der Waals surface area contributed by atoms with Gasteiger partial charge in [0, 0.05) is 4.47 Å². The van der Waals surface area contributed by atoms with Gasteiger partial charge in [0.1, 0.15) is 17.2 Å². The molecule has 110 valence electrons. The summed E-state index contributed by atoms with van der Waals surface area (Å²) in [6.07, 6.45) is 0. The molecule has 0 aliphatic heterocycles. The van der Waals surface area contributed by atoms with E-state index < -0.39 is 29.1 Å². The zero-order valence-electron chi connectivity index (χ0n) is 10.8. The number of hydrogen-bond donors (Lipinski definition) is 2. The third kappa shape index (κ3) is 3.65. The van der Waals surface area contributed by atoms with Crippen LogP contribution < -0.4 is 5.32 Å². The number of aliphatic hydroxyl groups excluding tert-OH is 1. The van der Waals surface area contributed by atoms with E-state index in [1.807, 2.05) is 0 Å². The molecule has 0 heterocycles. The van der Waals surface area contributed by atoms with E-state index in [4.69, 9.17) is 0 Å². The van der Waals surface area contributed by atoms with Gasteiger partial charge in [-0.3, -0.25) is 4.79 Å². The second-order valence-electron chi connectivity index (χ2n) is 4.36. The summed E-state index contributed by atoms with van der Waals surface area (Å²) in [7, 11) is 0. The Balaban J connectivity index is 2.25. The van der Waals surface area contributed by atoms with Crippen molar-refractivity contribution in [2.45, 2.75) is 6.04 Å². The van der Waals surface area contributed by atoms with Gasteiger partial charge >= 0.3 is 0 Å². The molecule has 0 spiro atoms. The molecule has 2 aromatic rings. The molecule has 0 unspecified atom stereocenters. The molecule has 0 saturated heterocycles. The average molecular weight is 356 g/mol. The Labute approximate surface area is 128 Å². The van der Waals surface area contributed by atoms with Crippen LogP contribution in [0.2, 0.25) is 0 Å². The fourth-order valence-electron chi connectivity index (χ4n) is 1.91. The van der Waals surface area contributed by atoms with E-state index in [1.165, 1.54) is 0 Å². The molecule has 0 aliphatic rings. The summed E-state index contributed by atoms with van der Waals surface area (Å²) in [5.74, 6) is -2.85. The second-order valence-corrected chi connectivity index (χ2v) is 5.28. The van der Waals surface area contributed by atoms with Gasteiger partial charge in [-0.1, -0.05) is 46.3 Å². The number of aliphatic hydroxyl groups is 1. The highest BCUT2D eigenvalue weighted by atomic mass is 79.9. The number of benzene rings is 2. The highest BCUT2D eigenvalue weighted by molar-refractivity contribution is 9.10. The maximum atomic E-state index is 13.7. The maximum Gasteiger partial charge on any atom is 0.257 e. The first kappa shape index (κ1) is 15.6. The van der Waals surface area contributed by atoms with Gasteiger partial charge < -0.3 is 10.4 Å². The summed E-state index contributed by atoms with van der Waals surface area (Å²) < 4.78 is 27.7. The Morgan fingerprint density at radius 1 is 1.19 bits per heavy atom. The molecule has 21 heavy (non-hydrogen) atoms. The van der Waals surface area contributed by atoms with Crippen molar-refractivity contribution in [1.29, 1.82) is 0 Å². The largest absolute Gasteiger partial charge is 0.394 e. The first-order valence-corrected chi connectivity index (χ1v) is 6.93. The number of hydrogen-bond acceptors (Lipinski definition) is 2. The quantitative estimate of drug-likeness (QED) is 0.884. The van der Waals surface area contributed by atoms with Crippen molar-refractivity contribution >= 4 is 21.8 Å². The number of carbonyl (C=O) groups is 1. The Morgan fingerprint density at radius 2 is 1.76 bits per heavy atom. The molecule has 1 amide bonds. The molecule has 6 heteroatoms. The van der Waals surface area contributed by atoms with Gasteiger partial charge in [0.25, 0.3) is 5.91 Å². The summed E-state index contributed by atoms with van der Waals surface area (Å²) in [5.41, 5.74) is -0.0288. The Hall–Kier alpha value is -1.79. The summed E-state index contributed by atoms with van der Waals surface area (Å²) >= 11 is 2.95. The lowest BCUT2D eigenvalue weighted by atomic mass is 10.1. The molecule has 0 fully saturated rings. The molecular weight excluding hydrogens is 344 g/mol. The molecule has 0 aliphatic carbocycles. The van der Waals surface area contributed by atoms with Crippen LogP contribution in [0.15, 0.2) is 46.9 Å². The third-order valence-corrected chi connectivity index (χ3v) is 3.38. The third-order valence-electron chi connectivity index (χ3n) is 2.92. The van der Waals surface area contributed by atoms with E-state index >= 15 is 0 Å². The highest BCUT2D eigenvalue weighted by Gasteiger charge is 2.21. The molecule has 1 atom stereocenters. The zero-order valence-corrected chi connectivity index (χ0v) is 12.4. The summed E-state index contributed by atoms with van der Waals surface area (Å²) in [6.45, 7) is -0.379. The van der Waals surface area contributed by atoms with Crippen LogP contribution in [0.25, 0.3) is 0 Å². The van der Waals surface area contributed by atoms with Gasteiger partial charge in [0.2, 0.25) is 0 Å². The minimum Gasteiger partial charge on any atom is -0.394 e. The maximum absolute atomic E-state index is 13.7. The van der Waals surface area contributed by atoms with E-state index in [0.29, 0.717) is 5.56 Å². The smallest absolute Gasteiger partial charge is 0.257 e. The fraction of sp³-hybridized carbons (Fsp3) is 0.133. The first-order valence-electron chi connectivity index (χ1n) is 6.14. The molecule has 2 aromatic carbocycles. The van der Waals surface area contributed by atoms with Crippen molar-refractivity contribution in [3.8, 4) is 0 Å². The van der Waals surface area contributed by atoms with Crippen molar-refractivity contribution in [2.75, 3.05) is 6.61 Å². The van der Waals surface area contributed by atoms with Crippen molar-refractivity contribution in [3.05, 3.63) is 69.7 Å². The van der Waals surface area contributed by atoms with Crippen molar-refractivity contribution in [2.24, 2.45) is 0 Å². The predicted octanol–water partition coefficient (Wildman–Crippen LogP) is 3.19. The van der Waals surface area contributed by atoms with Crippen molar-refractivity contribution in [3.63, 3.8) is 0 Å². The molecule has 0 saturated carbocycles. The monoisotopic (exact) mass is 355 g/mol. The minimum atomic E-state index is -0.968. The molecule has 2 N–H and O–H groups in total. The number of amides is 1. The fourth-order valence-corrected chi connectivity index (χ4v) is 2.31. The lowest BCUT2D eigenvalue weighted by molar-refractivity contribution is 0.0907. The van der Waals surface area contributed by atoms with Gasteiger partial charge in [-0.25, -0.2) is 8.78 Å². The summed E-state index contributed by atoms with van der Waals surface area (Å²) in [5, 5.41) is 11.8. The second kappa shape index (κ2) is 6.78. The number of carbonyl (C=O) groups excluding carboxylic acids is 1. The minimum absolute atomic E-state index is 0.204. The molecule has 0 bridgehead atoms. The number of halogens is 3. The van der Waals surface area contributed by atoms with Crippen molar-refractivity contribution < 1.29 is 18.7 Å². The first-order chi connectivity index (χ1) is 10.0. The van der Waals surface area contributed by atoms with E-state index in [-0.39, 0.29) is 11.1 Å². The lowest BCUT2D eigenvalue weighted by Gasteiger charge is -2.17. The van der Waals surface area contributed by atoms with Crippen LogP contribution in [0.4, 0.5) is 8.78 Å². The van der Waals surface area contributed by atoms with Crippen LogP contribution in [0.5, 0.6) is 0 Å². The van der Waals surface area contributed by atoms with Crippen molar-refractivity contribution in [1.82, 2.24) is 5.32 Å². The SMILES string of the molecule is O=C(N[C@H](CO)c1ccccc1)c1c(F)cc(Br)cc1F. The van der Waals surface area contributed by atoms with Crippen LogP contribution in [0.3, 0.4) is 0 Å². The highest BCUT2D eigenvalue weighted by Crippen LogP contribution is 2.20. The zero-order chi connectivity index (χ0) is 15.4. The van der Waals surface area contributed by atoms with Crippen LogP contribution in [0.1, 0.15) is 22.0 Å². The van der Waals surface area contributed by atoms with Gasteiger partial charge in [-0.2, -0.15) is 0 Å². The Kier molecular flexibility index (Phi) is 5.03. The molecule has 0 radical (unpaired) electrons.